The summed E-state index contributed by atoms with van der Waals surface area (Å²) in [5.41, 5.74) is 1.22. The Hall–Kier alpha value is -1.95. The van der Waals surface area contributed by atoms with Crippen molar-refractivity contribution in [2.45, 2.75) is 19.3 Å². The minimum absolute atomic E-state index is 0.848. The van der Waals surface area contributed by atoms with Crippen LogP contribution in [0, 0.1) is 0 Å². The number of guanidine groups is 1. The Labute approximate surface area is 151 Å². The van der Waals surface area contributed by atoms with Gasteiger partial charge in [-0.2, -0.15) is 0 Å². The van der Waals surface area contributed by atoms with Crippen LogP contribution in [0.25, 0.3) is 0 Å². The van der Waals surface area contributed by atoms with Crippen molar-refractivity contribution in [1.82, 2.24) is 10.2 Å². The highest BCUT2D eigenvalue weighted by molar-refractivity contribution is 5.80. The molecule has 6 nitrogen and oxygen atoms in total. The highest BCUT2D eigenvalue weighted by Crippen LogP contribution is 2.22. The number of nitrogens with zero attached hydrogens (tertiary/aromatic N) is 3. The van der Waals surface area contributed by atoms with E-state index in [4.69, 9.17) is 9.47 Å². The van der Waals surface area contributed by atoms with Crippen molar-refractivity contribution in [2.75, 3.05) is 65.5 Å². The van der Waals surface area contributed by atoms with E-state index in [2.05, 4.69) is 32.2 Å². The molecule has 0 aromatic heterocycles. The monoisotopic (exact) mass is 348 g/mol. The van der Waals surface area contributed by atoms with Gasteiger partial charge in [-0.15, -0.1) is 0 Å². The summed E-state index contributed by atoms with van der Waals surface area (Å²) in [6.45, 7) is 5.73. The minimum Gasteiger partial charge on any atom is -0.497 e. The van der Waals surface area contributed by atoms with Gasteiger partial charge in [0, 0.05) is 65.2 Å². The fraction of sp³-hybridized carbons (Fsp3) is 0.632. The molecule has 0 amide bonds. The van der Waals surface area contributed by atoms with Gasteiger partial charge in [-0.05, 0) is 31.4 Å². The lowest BCUT2D eigenvalue weighted by Gasteiger charge is -2.37. The van der Waals surface area contributed by atoms with Gasteiger partial charge in [0.1, 0.15) is 5.75 Å². The molecule has 0 saturated carbocycles. The molecule has 1 fully saturated rings. The lowest BCUT2D eigenvalue weighted by molar-refractivity contribution is 0.192. The lowest BCUT2D eigenvalue weighted by Crippen LogP contribution is -2.52. The number of hydrogen-bond acceptors (Lipinski definition) is 4. The summed E-state index contributed by atoms with van der Waals surface area (Å²) in [5, 5.41) is 3.49. The number of methoxy groups -OCH3 is 2. The van der Waals surface area contributed by atoms with Gasteiger partial charge in [0.15, 0.2) is 5.96 Å². The summed E-state index contributed by atoms with van der Waals surface area (Å²) < 4.78 is 10.4. The van der Waals surface area contributed by atoms with E-state index in [0.29, 0.717) is 0 Å². The van der Waals surface area contributed by atoms with Crippen LogP contribution in [0.1, 0.15) is 19.3 Å². The summed E-state index contributed by atoms with van der Waals surface area (Å²) >= 11 is 0. The molecule has 1 aliphatic heterocycles. The second-order valence-corrected chi connectivity index (χ2v) is 6.20. The second-order valence-electron chi connectivity index (χ2n) is 6.20. The smallest absolute Gasteiger partial charge is 0.193 e. The third-order valence-electron chi connectivity index (χ3n) is 4.52. The van der Waals surface area contributed by atoms with Crippen LogP contribution in [0.15, 0.2) is 29.3 Å². The number of nitrogens with one attached hydrogen (secondary N) is 1. The number of piperazine rings is 1. The third kappa shape index (κ3) is 6.12. The SMILES string of the molecule is CN=C(NCCCCCOC)N1CCN(c2cccc(OC)c2)CC1. The number of benzene rings is 1. The van der Waals surface area contributed by atoms with E-state index in [1.54, 1.807) is 14.2 Å². The van der Waals surface area contributed by atoms with E-state index < -0.39 is 0 Å². The Bertz CT molecular complexity index is 528. The molecule has 1 aromatic rings. The number of rotatable bonds is 8. The van der Waals surface area contributed by atoms with Crippen LogP contribution < -0.4 is 15.0 Å². The van der Waals surface area contributed by atoms with Crippen molar-refractivity contribution in [3.63, 3.8) is 0 Å². The first-order valence-corrected chi connectivity index (χ1v) is 9.12. The van der Waals surface area contributed by atoms with Gasteiger partial charge in [-0.25, -0.2) is 0 Å². The molecular formula is C19H32N4O2. The Morgan fingerprint density at radius 2 is 1.92 bits per heavy atom. The summed E-state index contributed by atoms with van der Waals surface area (Å²) in [4.78, 5) is 9.18. The van der Waals surface area contributed by atoms with E-state index in [1.807, 2.05) is 19.2 Å². The fourth-order valence-corrected chi connectivity index (χ4v) is 3.06. The number of hydrogen-bond donors (Lipinski definition) is 1. The van der Waals surface area contributed by atoms with E-state index in [1.165, 1.54) is 12.1 Å². The maximum absolute atomic E-state index is 5.33. The zero-order valence-corrected chi connectivity index (χ0v) is 15.8. The van der Waals surface area contributed by atoms with Crippen molar-refractivity contribution in [3.05, 3.63) is 24.3 Å². The quantitative estimate of drug-likeness (QED) is 0.443. The maximum atomic E-state index is 5.33. The van der Waals surface area contributed by atoms with Gasteiger partial charge in [0.2, 0.25) is 0 Å². The number of ether oxygens (including phenoxy) is 2. The Kier molecular flexibility index (Phi) is 8.39. The average molecular weight is 348 g/mol. The summed E-state index contributed by atoms with van der Waals surface area (Å²) in [5.74, 6) is 1.92. The standard InChI is InChI=1S/C19H32N4O2/c1-20-19(21-10-5-4-6-15-24-2)23-13-11-22(12-14-23)17-8-7-9-18(16-17)25-3/h7-9,16H,4-6,10-15H2,1-3H3,(H,20,21). The topological polar surface area (TPSA) is 49.3 Å². The minimum atomic E-state index is 0.848. The summed E-state index contributed by atoms with van der Waals surface area (Å²) in [6.07, 6.45) is 3.45. The fourth-order valence-electron chi connectivity index (χ4n) is 3.06. The Balaban J connectivity index is 1.75. The number of unbranched alkanes of at least 4 members (excludes halogenated alkanes) is 2. The normalized spacial score (nSPS) is 15.4. The summed E-state index contributed by atoms with van der Waals surface area (Å²) in [7, 11) is 5.33. The van der Waals surface area contributed by atoms with E-state index in [-0.39, 0.29) is 0 Å². The molecule has 0 radical (unpaired) electrons. The third-order valence-corrected chi connectivity index (χ3v) is 4.52. The van der Waals surface area contributed by atoms with Gasteiger partial charge >= 0.3 is 0 Å². The molecule has 140 valence electrons. The molecule has 1 saturated heterocycles. The average Bonchev–Trinajstić information content (AvgIpc) is 2.68. The van der Waals surface area contributed by atoms with Gasteiger partial charge < -0.3 is 24.6 Å². The Morgan fingerprint density at radius 1 is 1.12 bits per heavy atom. The molecule has 1 heterocycles. The Morgan fingerprint density at radius 3 is 2.60 bits per heavy atom. The first-order valence-electron chi connectivity index (χ1n) is 9.12. The van der Waals surface area contributed by atoms with Crippen molar-refractivity contribution in [1.29, 1.82) is 0 Å². The van der Waals surface area contributed by atoms with E-state index in [9.17, 15) is 0 Å². The molecular weight excluding hydrogens is 316 g/mol. The first kappa shape index (κ1) is 19.4. The molecule has 0 aliphatic carbocycles. The van der Waals surface area contributed by atoms with Crippen molar-refractivity contribution >= 4 is 11.6 Å². The highest BCUT2D eigenvalue weighted by atomic mass is 16.5. The molecule has 6 heteroatoms. The van der Waals surface area contributed by atoms with Crippen molar-refractivity contribution in [2.24, 2.45) is 4.99 Å². The van der Waals surface area contributed by atoms with E-state index >= 15 is 0 Å². The molecule has 25 heavy (non-hydrogen) atoms. The molecule has 1 aliphatic rings. The maximum Gasteiger partial charge on any atom is 0.193 e. The molecule has 0 bridgehead atoms. The van der Waals surface area contributed by atoms with Crippen LogP contribution in [-0.2, 0) is 4.74 Å². The molecule has 1 N–H and O–H groups in total. The lowest BCUT2D eigenvalue weighted by atomic mass is 10.2. The molecule has 2 rings (SSSR count). The van der Waals surface area contributed by atoms with Crippen LogP contribution in [-0.4, -0.2) is 71.5 Å². The van der Waals surface area contributed by atoms with E-state index in [0.717, 1.165) is 63.9 Å². The highest BCUT2D eigenvalue weighted by Gasteiger charge is 2.19. The van der Waals surface area contributed by atoms with Gasteiger partial charge in [-0.3, -0.25) is 4.99 Å². The van der Waals surface area contributed by atoms with Gasteiger partial charge in [0.25, 0.3) is 0 Å². The number of aliphatic imine (C=N–C) groups is 1. The predicted molar refractivity (Wildman–Crippen MR) is 104 cm³/mol. The number of anilines is 1. The molecule has 0 spiro atoms. The zero-order valence-electron chi connectivity index (χ0n) is 15.8. The van der Waals surface area contributed by atoms with Crippen LogP contribution >= 0.6 is 0 Å². The van der Waals surface area contributed by atoms with Gasteiger partial charge in [0.05, 0.1) is 7.11 Å². The molecule has 0 unspecified atom stereocenters. The van der Waals surface area contributed by atoms with Gasteiger partial charge in [-0.1, -0.05) is 6.07 Å². The van der Waals surface area contributed by atoms with Crippen molar-refractivity contribution < 1.29 is 9.47 Å². The predicted octanol–water partition coefficient (Wildman–Crippen LogP) is 2.21. The van der Waals surface area contributed by atoms with Crippen LogP contribution in [0.5, 0.6) is 5.75 Å². The molecule has 1 aromatic carbocycles. The molecule has 0 atom stereocenters. The summed E-state index contributed by atoms with van der Waals surface area (Å²) in [6, 6.07) is 8.27. The van der Waals surface area contributed by atoms with Crippen LogP contribution in [0.3, 0.4) is 0 Å². The largest absolute Gasteiger partial charge is 0.497 e. The van der Waals surface area contributed by atoms with Crippen LogP contribution in [0.2, 0.25) is 0 Å². The van der Waals surface area contributed by atoms with Crippen LogP contribution in [0.4, 0.5) is 5.69 Å². The zero-order chi connectivity index (χ0) is 17.9. The van der Waals surface area contributed by atoms with Crippen molar-refractivity contribution in [3.8, 4) is 5.75 Å². The second kappa shape index (κ2) is 10.8. The first-order chi connectivity index (χ1) is 12.3.